The number of ether oxygens (including phenoxy) is 2. The van der Waals surface area contributed by atoms with E-state index in [0.717, 1.165) is 0 Å². The van der Waals surface area contributed by atoms with E-state index in [2.05, 4.69) is 0 Å². The highest BCUT2D eigenvalue weighted by atomic mass is 35.5. The van der Waals surface area contributed by atoms with Gasteiger partial charge in [0.05, 0.1) is 29.4 Å². The first kappa shape index (κ1) is 20.0. The lowest BCUT2D eigenvalue weighted by Crippen LogP contribution is -2.04. The number of carbonyl (C=O) groups excluding carboxylic acids is 2. The molecular weight excluding hydrogens is 351 g/mol. The van der Waals surface area contributed by atoms with Crippen LogP contribution in [0.5, 0.6) is 0 Å². The molecule has 4 nitrogen and oxygen atoms in total. The van der Waals surface area contributed by atoms with E-state index in [1.54, 1.807) is 62.4 Å². The summed E-state index contributed by atoms with van der Waals surface area (Å²) >= 11 is 11.4. The summed E-state index contributed by atoms with van der Waals surface area (Å²) in [5.74, 6) is -0.683. The Morgan fingerprint density at radius 1 is 0.833 bits per heavy atom. The Hall–Kier alpha value is -2.04. The largest absolute Gasteiger partial charge is 0.462 e. The quantitative estimate of drug-likeness (QED) is 0.709. The Kier molecular flexibility index (Phi) is 8.90. The van der Waals surface area contributed by atoms with Gasteiger partial charge in [-0.25, -0.2) is 9.59 Å². The number of rotatable bonds is 4. The van der Waals surface area contributed by atoms with Crippen molar-refractivity contribution in [3.8, 4) is 0 Å². The summed E-state index contributed by atoms with van der Waals surface area (Å²) in [7, 11) is 0. The van der Waals surface area contributed by atoms with Crippen molar-refractivity contribution in [2.24, 2.45) is 0 Å². The second-order valence-corrected chi connectivity index (χ2v) is 5.27. The van der Waals surface area contributed by atoms with Gasteiger partial charge < -0.3 is 9.47 Å². The van der Waals surface area contributed by atoms with Crippen LogP contribution in [0.15, 0.2) is 48.5 Å². The van der Waals surface area contributed by atoms with Gasteiger partial charge in [0, 0.05) is 5.02 Å². The fourth-order valence-electron chi connectivity index (χ4n) is 1.64. The average Bonchev–Trinajstić information content (AvgIpc) is 2.57. The Morgan fingerprint density at radius 2 is 1.38 bits per heavy atom. The smallest absolute Gasteiger partial charge is 0.339 e. The van der Waals surface area contributed by atoms with Crippen LogP contribution in [0.4, 0.5) is 0 Å². The van der Waals surface area contributed by atoms with Gasteiger partial charge in [-0.1, -0.05) is 35.3 Å². The molecule has 0 amide bonds. The summed E-state index contributed by atoms with van der Waals surface area (Å²) in [5.41, 5.74) is 0.947. The average molecular weight is 369 g/mol. The SMILES string of the molecule is CCOC(=O)c1ccc(Cl)cc1.CCOC(=O)c1ccccc1Cl. The molecule has 0 bridgehead atoms. The van der Waals surface area contributed by atoms with Gasteiger partial charge in [-0.15, -0.1) is 0 Å². The van der Waals surface area contributed by atoms with E-state index in [4.69, 9.17) is 32.7 Å². The maximum atomic E-state index is 11.2. The minimum Gasteiger partial charge on any atom is -0.462 e. The van der Waals surface area contributed by atoms with Gasteiger partial charge in [0.1, 0.15) is 0 Å². The van der Waals surface area contributed by atoms with Crippen LogP contribution < -0.4 is 0 Å². The molecule has 0 spiro atoms. The summed E-state index contributed by atoms with van der Waals surface area (Å²) in [6, 6.07) is 13.4. The van der Waals surface area contributed by atoms with Crippen molar-refractivity contribution < 1.29 is 19.1 Å². The number of benzene rings is 2. The molecular formula is C18H18Cl2O4. The van der Waals surface area contributed by atoms with E-state index in [0.29, 0.717) is 34.4 Å². The van der Waals surface area contributed by atoms with Crippen LogP contribution in [0.3, 0.4) is 0 Å². The molecule has 2 aromatic carbocycles. The van der Waals surface area contributed by atoms with E-state index in [1.165, 1.54) is 0 Å². The van der Waals surface area contributed by atoms with Crippen molar-refractivity contribution in [2.45, 2.75) is 13.8 Å². The molecule has 0 fully saturated rings. The molecule has 24 heavy (non-hydrogen) atoms. The van der Waals surface area contributed by atoms with Crippen molar-refractivity contribution in [1.82, 2.24) is 0 Å². The second-order valence-electron chi connectivity index (χ2n) is 4.43. The maximum absolute atomic E-state index is 11.2. The van der Waals surface area contributed by atoms with Gasteiger partial charge in [0.15, 0.2) is 0 Å². The second kappa shape index (κ2) is 10.7. The molecule has 6 heteroatoms. The highest BCUT2D eigenvalue weighted by Gasteiger charge is 2.09. The maximum Gasteiger partial charge on any atom is 0.339 e. The monoisotopic (exact) mass is 368 g/mol. The van der Waals surface area contributed by atoms with Gasteiger partial charge in [-0.2, -0.15) is 0 Å². The summed E-state index contributed by atoms with van der Waals surface area (Å²) < 4.78 is 9.57. The van der Waals surface area contributed by atoms with E-state index >= 15 is 0 Å². The zero-order chi connectivity index (χ0) is 17.9. The van der Waals surface area contributed by atoms with Gasteiger partial charge in [0.25, 0.3) is 0 Å². The zero-order valence-corrected chi connectivity index (χ0v) is 14.9. The predicted octanol–water partition coefficient (Wildman–Crippen LogP) is 5.03. The Labute approximate surface area is 151 Å². The third-order valence-electron chi connectivity index (χ3n) is 2.72. The fourth-order valence-corrected chi connectivity index (χ4v) is 1.97. The molecule has 0 saturated heterocycles. The van der Waals surface area contributed by atoms with E-state index in [9.17, 15) is 9.59 Å². The van der Waals surface area contributed by atoms with Gasteiger partial charge in [-0.05, 0) is 50.2 Å². The standard InChI is InChI=1S/2C9H9ClO2/c1-2-12-9(11)7-3-5-8(10)6-4-7;1-2-12-9(11)7-5-3-4-6-8(7)10/h2*3-6H,2H2,1H3. The molecule has 2 rings (SSSR count). The van der Waals surface area contributed by atoms with E-state index in [1.807, 2.05) is 0 Å². The van der Waals surface area contributed by atoms with Crippen molar-refractivity contribution >= 4 is 35.1 Å². The summed E-state index contributed by atoms with van der Waals surface area (Å²) in [6.07, 6.45) is 0. The lowest BCUT2D eigenvalue weighted by molar-refractivity contribution is 0.0517. The van der Waals surface area contributed by atoms with E-state index < -0.39 is 0 Å². The molecule has 0 aromatic heterocycles. The molecule has 2 aromatic rings. The third kappa shape index (κ3) is 6.60. The summed E-state index contributed by atoms with van der Waals surface area (Å²) in [5, 5.41) is 1.04. The highest BCUT2D eigenvalue weighted by molar-refractivity contribution is 6.33. The number of esters is 2. The van der Waals surface area contributed by atoms with Crippen LogP contribution in [-0.4, -0.2) is 25.2 Å². The Morgan fingerprint density at radius 3 is 1.92 bits per heavy atom. The molecule has 0 atom stereocenters. The van der Waals surface area contributed by atoms with Crippen LogP contribution in [0.2, 0.25) is 10.0 Å². The third-order valence-corrected chi connectivity index (χ3v) is 3.31. The Balaban J connectivity index is 0.000000240. The first-order valence-electron chi connectivity index (χ1n) is 7.33. The number of halogens is 2. The first-order valence-corrected chi connectivity index (χ1v) is 8.09. The molecule has 0 radical (unpaired) electrons. The van der Waals surface area contributed by atoms with Crippen molar-refractivity contribution in [1.29, 1.82) is 0 Å². The molecule has 0 aliphatic carbocycles. The van der Waals surface area contributed by atoms with Gasteiger partial charge >= 0.3 is 11.9 Å². The zero-order valence-electron chi connectivity index (χ0n) is 13.4. The molecule has 0 N–H and O–H groups in total. The Bertz CT molecular complexity index is 669. The normalized spacial score (nSPS) is 9.50. The first-order chi connectivity index (χ1) is 11.5. The van der Waals surface area contributed by atoms with Crippen LogP contribution >= 0.6 is 23.2 Å². The number of hydrogen-bond acceptors (Lipinski definition) is 4. The summed E-state index contributed by atoms with van der Waals surface area (Å²) in [4.78, 5) is 22.2. The van der Waals surface area contributed by atoms with Gasteiger partial charge in [0.2, 0.25) is 0 Å². The molecule has 0 saturated carbocycles. The minimum absolute atomic E-state index is 0.311. The predicted molar refractivity (Wildman–Crippen MR) is 94.8 cm³/mol. The lowest BCUT2D eigenvalue weighted by atomic mass is 10.2. The number of hydrogen-bond donors (Lipinski definition) is 0. The molecule has 0 unspecified atom stereocenters. The molecule has 0 aliphatic rings. The van der Waals surface area contributed by atoms with Crippen LogP contribution in [0, 0.1) is 0 Å². The van der Waals surface area contributed by atoms with Crippen LogP contribution in [-0.2, 0) is 9.47 Å². The minimum atomic E-state index is -0.372. The van der Waals surface area contributed by atoms with Crippen LogP contribution in [0.25, 0.3) is 0 Å². The fraction of sp³-hybridized carbons (Fsp3) is 0.222. The van der Waals surface area contributed by atoms with Crippen LogP contribution in [0.1, 0.15) is 34.6 Å². The van der Waals surface area contributed by atoms with Crippen molar-refractivity contribution in [2.75, 3.05) is 13.2 Å². The summed E-state index contributed by atoms with van der Waals surface area (Å²) in [6.45, 7) is 4.29. The highest BCUT2D eigenvalue weighted by Crippen LogP contribution is 2.15. The number of carbonyl (C=O) groups is 2. The van der Waals surface area contributed by atoms with Gasteiger partial charge in [-0.3, -0.25) is 0 Å². The molecule has 128 valence electrons. The lowest BCUT2D eigenvalue weighted by Gasteiger charge is -2.02. The topological polar surface area (TPSA) is 52.6 Å². The van der Waals surface area contributed by atoms with Crippen molar-refractivity contribution in [3.05, 3.63) is 69.7 Å². The molecule has 0 aliphatic heterocycles. The van der Waals surface area contributed by atoms with E-state index in [-0.39, 0.29) is 11.9 Å². The van der Waals surface area contributed by atoms with Crippen molar-refractivity contribution in [3.63, 3.8) is 0 Å². The molecule has 0 heterocycles.